The van der Waals surface area contributed by atoms with Crippen LogP contribution in [0.4, 0.5) is 0 Å². The molecule has 0 saturated carbocycles. The molecular formula is C11H12N2OS. The second-order valence-corrected chi connectivity index (χ2v) is 5.73. The maximum Gasteiger partial charge on any atom is 0.0872 e. The molecule has 0 amide bonds. The van der Waals surface area contributed by atoms with Crippen LogP contribution in [-0.2, 0) is 9.73 Å². The monoisotopic (exact) mass is 220 g/mol. The molecular weight excluding hydrogens is 208 g/mol. The molecule has 1 aromatic carbocycles. The molecule has 78 valence electrons. The van der Waals surface area contributed by atoms with E-state index in [-0.39, 0.29) is 0 Å². The number of hydrogen-bond donors (Lipinski definition) is 0. The summed E-state index contributed by atoms with van der Waals surface area (Å²) in [6.45, 7) is 0. The molecule has 0 aliphatic heterocycles. The first-order valence-corrected chi connectivity index (χ1v) is 6.51. The number of para-hydroxylation sites is 1. The predicted molar refractivity (Wildman–Crippen MR) is 62.4 cm³/mol. The van der Waals surface area contributed by atoms with Crippen molar-refractivity contribution in [2.45, 2.75) is 4.90 Å². The Morgan fingerprint density at radius 3 is 2.73 bits per heavy atom. The zero-order chi connectivity index (χ0) is 10.9. The number of nitrogens with zero attached hydrogens (tertiary/aromatic N) is 2. The molecule has 4 heteroatoms. The number of hydrogen-bond acceptors (Lipinski definition) is 3. The summed E-state index contributed by atoms with van der Waals surface area (Å²) in [6, 6.07) is 9.49. The Morgan fingerprint density at radius 2 is 2.00 bits per heavy atom. The van der Waals surface area contributed by atoms with Gasteiger partial charge in [0.1, 0.15) is 0 Å². The van der Waals surface area contributed by atoms with Crippen molar-refractivity contribution in [3.63, 3.8) is 0 Å². The molecule has 1 aromatic heterocycles. The molecule has 0 bridgehead atoms. The van der Waals surface area contributed by atoms with E-state index in [9.17, 15) is 4.21 Å². The quantitative estimate of drug-likeness (QED) is 0.740. The van der Waals surface area contributed by atoms with Crippen molar-refractivity contribution in [2.24, 2.45) is 4.36 Å². The molecule has 0 aliphatic carbocycles. The van der Waals surface area contributed by atoms with Crippen LogP contribution in [0.25, 0.3) is 10.9 Å². The van der Waals surface area contributed by atoms with E-state index in [1.165, 1.54) is 0 Å². The van der Waals surface area contributed by atoms with Gasteiger partial charge in [-0.2, -0.15) is 0 Å². The van der Waals surface area contributed by atoms with Crippen LogP contribution in [0.15, 0.2) is 45.8 Å². The fraction of sp³-hybridized carbons (Fsp3) is 0.182. The highest BCUT2D eigenvalue weighted by Crippen LogP contribution is 2.21. The summed E-state index contributed by atoms with van der Waals surface area (Å²) >= 11 is 0. The highest BCUT2D eigenvalue weighted by molar-refractivity contribution is 7.93. The normalized spacial score (nSPS) is 14.8. The van der Waals surface area contributed by atoms with Crippen LogP contribution in [0.1, 0.15) is 0 Å². The summed E-state index contributed by atoms with van der Waals surface area (Å²) in [7, 11) is -0.739. The van der Waals surface area contributed by atoms with E-state index in [4.69, 9.17) is 0 Å². The molecule has 2 rings (SSSR count). The van der Waals surface area contributed by atoms with Crippen LogP contribution in [-0.4, -0.2) is 22.5 Å². The number of rotatable bonds is 1. The lowest BCUT2D eigenvalue weighted by atomic mass is 10.2. The second kappa shape index (κ2) is 3.62. The largest absolute Gasteiger partial charge is 0.255 e. The highest BCUT2D eigenvalue weighted by atomic mass is 32.2. The minimum absolute atomic E-state index is 0.711. The Kier molecular flexibility index (Phi) is 2.44. The molecule has 1 unspecified atom stereocenters. The molecule has 0 radical (unpaired) electrons. The zero-order valence-electron chi connectivity index (χ0n) is 8.68. The van der Waals surface area contributed by atoms with Crippen molar-refractivity contribution in [3.8, 4) is 0 Å². The first kappa shape index (κ1) is 10.1. The molecule has 0 saturated heterocycles. The van der Waals surface area contributed by atoms with Gasteiger partial charge < -0.3 is 0 Å². The lowest BCUT2D eigenvalue weighted by Gasteiger charge is -2.06. The van der Waals surface area contributed by atoms with E-state index < -0.39 is 9.73 Å². The third-order valence-corrected chi connectivity index (χ3v) is 4.19. The minimum Gasteiger partial charge on any atom is -0.255 e. The summed E-state index contributed by atoms with van der Waals surface area (Å²) in [4.78, 5) is 4.97. The molecule has 3 nitrogen and oxygen atoms in total. The van der Waals surface area contributed by atoms with Crippen molar-refractivity contribution in [1.82, 2.24) is 4.98 Å². The molecule has 1 heterocycles. The fourth-order valence-electron chi connectivity index (χ4n) is 1.48. The number of aromatic nitrogens is 1. The van der Waals surface area contributed by atoms with Gasteiger partial charge in [0.15, 0.2) is 0 Å². The van der Waals surface area contributed by atoms with Gasteiger partial charge in [-0.1, -0.05) is 18.2 Å². The van der Waals surface area contributed by atoms with E-state index >= 15 is 0 Å². The van der Waals surface area contributed by atoms with Crippen LogP contribution in [0, 0.1) is 0 Å². The first-order chi connectivity index (χ1) is 7.15. The average Bonchev–Trinajstić information content (AvgIpc) is 2.28. The zero-order valence-corrected chi connectivity index (χ0v) is 9.49. The second-order valence-electron chi connectivity index (χ2n) is 3.32. The van der Waals surface area contributed by atoms with Crippen molar-refractivity contribution in [2.75, 3.05) is 13.3 Å². The Bertz CT molecular complexity index is 608. The van der Waals surface area contributed by atoms with Gasteiger partial charge in [0.25, 0.3) is 0 Å². The lowest BCUT2D eigenvalue weighted by molar-refractivity contribution is 0.680. The summed E-state index contributed by atoms with van der Waals surface area (Å²) < 4.78 is 16.1. The molecule has 0 fully saturated rings. The van der Waals surface area contributed by atoms with Gasteiger partial charge in [0, 0.05) is 24.9 Å². The maximum atomic E-state index is 12.2. The van der Waals surface area contributed by atoms with Crippen LogP contribution in [0.5, 0.6) is 0 Å². The summed E-state index contributed by atoms with van der Waals surface area (Å²) in [5.74, 6) is 0. The van der Waals surface area contributed by atoms with E-state index in [1.807, 2.05) is 30.3 Å². The first-order valence-electron chi connectivity index (χ1n) is 4.59. The Labute approximate surface area is 89.3 Å². The standard InChI is InChI=1S/C11H12N2OS/c1-12-15(2,14)10-7-3-5-9-6-4-8-13-11(9)10/h3-8H,1-2H3. The minimum atomic E-state index is -2.31. The number of benzene rings is 1. The fourth-order valence-corrected chi connectivity index (χ4v) is 2.54. The van der Waals surface area contributed by atoms with Crippen LogP contribution in [0.2, 0.25) is 0 Å². The molecule has 0 N–H and O–H groups in total. The van der Waals surface area contributed by atoms with Gasteiger partial charge in [-0.3, -0.25) is 4.98 Å². The molecule has 2 aromatic rings. The van der Waals surface area contributed by atoms with Gasteiger partial charge >= 0.3 is 0 Å². The third-order valence-electron chi connectivity index (χ3n) is 2.35. The average molecular weight is 220 g/mol. The Morgan fingerprint density at radius 1 is 1.27 bits per heavy atom. The van der Waals surface area contributed by atoms with Crippen molar-refractivity contribution in [3.05, 3.63) is 36.5 Å². The summed E-state index contributed by atoms with van der Waals surface area (Å²) in [5.41, 5.74) is 0.776. The molecule has 15 heavy (non-hydrogen) atoms. The highest BCUT2D eigenvalue weighted by Gasteiger charge is 2.09. The molecule has 0 aliphatic rings. The van der Waals surface area contributed by atoms with Gasteiger partial charge in [-0.15, -0.1) is 0 Å². The molecule has 1 atom stereocenters. The number of pyridine rings is 1. The van der Waals surface area contributed by atoms with Crippen molar-refractivity contribution in [1.29, 1.82) is 0 Å². The van der Waals surface area contributed by atoms with Crippen LogP contribution >= 0.6 is 0 Å². The third kappa shape index (κ3) is 1.72. The molecule has 0 spiro atoms. The Balaban J connectivity index is 2.90. The van der Waals surface area contributed by atoms with Gasteiger partial charge in [-0.05, 0) is 12.1 Å². The van der Waals surface area contributed by atoms with Gasteiger partial charge in [0.05, 0.1) is 20.1 Å². The predicted octanol–water partition coefficient (Wildman–Crippen LogP) is 2.32. The Hall–Kier alpha value is -1.42. The van der Waals surface area contributed by atoms with Crippen LogP contribution < -0.4 is 0 Å². The van der Waals surface area contributed by atoms with Gasteiger partial charge in [-0.25, -0.2) is 8.57 Å². The van der Waals surface area contributed by atoms with E-state index in [2.05, 4.69) is 9.35 Å². The summed E-state index contributed by atoms with van der Waals surface area (Å²) in [6.07, 6.45) is 3.34. The van der Waals surface area contributed by atoms with E-state index in [1.54, 1.807) is 19.5 Å². The maximum absolute atomic E-state index is 12.2. The van der Waals surface area contributed by atoms with E-state index in [0.717, 1.165) is 10.9 Å². The van der Waals surface area contributed by atoms with Crippen molar-refractivity contribution < 1.29 is 4.21 Å². The smallest absolute Gasteiger partial charge is 0.0872 e. The van der Waals surface area contributed by atoms with Crippen molar-refractivity contribution >= 4 is 20.6 Å². The topological polar surface area (TPSA) is 42.3 Å². The lowest BCUT2D eigenvalue weighted by Crippen LogP contribution is -1.99. The number of fused-ring (bicyclic) bond motifs is 1. The SMILES string of the molecule is CN=S(C)(=O)c1cccc2cccnc12. The van der Waals surface area contributed by atoms with Gasteiger partial charge in [0.2, 0.25) is 0 Å². The van der Waals surface area contributed by atoms with Crippen LogP contribution in [0.3, 0.4) is 0 Å². The van der Waals surface area contributed by atoms with E-state index in [0.29, 0.717) is 4.90 Å². The summed E-state index contributed by atoms with van der Waals surface area (Å²) in [5, 5.41) is 0.994.